The van der Waals surface area contributed by atoms with E-state index in [2.05, 4.69) is 19.9 Å². The van der Waals surface area contributed by atoms with Crippen molar-refractivity contribution in [2.24, 2.45) is 0 Å². The molecule has 0 saturated carbocycles. The van der Waals surface area contributed by atoms with Gasteiger partial charge in [-0.15, -0.1) is 0 Å². The Morgan fingerprint density at radius 1 is 1.18 bits per heavy atom. The molecule has 0 aliphatic carbocycles. The first-order chi connectivity index (χ1) is 8.29. The van der Waals surface area contributed by atoms with Crippen LogP contribution in [-0.2, 0) is 6.42 Å². The Bertz CT molecular complexity index is 645. The van der Waals surface area contributed by atoms with Gasteiger partial charge in [0.1, 0.15) is 17.1 Å². The largest absolute Gasteiger partial charge is 0.464 e. The lowest BCUT2D eigenvalue weighted by Gasteiger charge is -1.97. The van der Waals surface area contributed by atoms with E-state index >= 15 is 0 Å². The van der Waals surface area contributed by atoms with E-state index in [9.17, 15) is 0 Å². The summed E-state index contributed by atoms with van der Waals surface area (Å²) in [6, 6.07) is 10.0. The lowest BCUT2D eigenvalue weighted by molar-refractivity contribution is 0.553. The maximum absolute atomic E-state index is 5.79. The van der Waals surface area contributed by atoms with Gasteiger partial charge in [0.15, 0.2) is 0 Å². The van der Waals surface area contributed by atoms with Crippen LogP contribution in [0.3, 0.4) is 0 Å². The fourth-order valence-electron chi connectivity index (χ4n) is 2.20. The molecule has 0 radical (unpaired) electrons. The quantitative estimate of drug-likeness (QED) is 0.640. The normalized spacial score (nSPS) is 11.2. The van der Waals surface area contributed by atoms with Gasteiger partial charge < -0.3 is 8.83 Å². The monoisotopic (exact) mass is 226 g/mol. The molecule has 0 N–H and O–H groups in total. The van der Waals surface area contributed by atoms with Gasteiger partial charge in [-0.05, 0) is 42.8 Å². The van der Waals surface area contributed by atoms with Crippen molar-refractivity contribution in [3.63, 3.8) is 0 Å². The number of benzene rings is 1. The van der Waals surface area contributed by atoms with Crippen molar-refractivity contribution < 1.29 is 8.83 Å². The zero-order chi connectivity index (χ0) is 11.8. The van der Waals surface area contributed by atoms with Crippen LogP contribution in [0, 0.1) is 6.92 Å². The Balaban J connectivity index is 2.22. The molecule has 0 atom stereocenters. The van der Waals surface area contributed by atoms with Crippen LogP contribution in [0.2, 0.25) is 0 Å². The number of furan rings is 2. The Morgan fingerprint density at radius 3 is 2.76 bits per heavy atom. The van der Waals surface area contributed by atoms with E-state index in [1.807, 2.05) is 24.3 Å². The molecule has 0 unspecified atom stereocenters. The van der Waals surface area contributed by atoms with Crippen molar-refractivity contribution in [1.29, 1.82) is 0 Å². The Labute approximate surface area is 99.9 Å². The maximum atomic E-state index is 5.79. The number of aryl methyl sites for hydroxylation is 2. The SMILES string of the molecule is CCc1oc2ccc(-c3ccco3)cc2c1C. The predicted octanol–water partition coefficient (Wildman–Crippen LogP) is 4.56. The second kappa shape index (κ2) is 3.81. The maximum Gasteiger partial charge on any atom is 0.134 e. The molecule has 2 heterocycles. The van der Waals surface area contributed by atoms with Gasteiger partial charge in [-0.2, -0.15) is 0 Å². The Hall–Kier alpha value is -1.96. The molecule has 0 amide bonds. The molecule has 2 heteroatoms. The lowest BCUT2D eigenvalue weighted by Crippen LogP contribution is -1.78. The van der Waals surface area contributed by atoms with Crippen LogP contribution in [0.4, 0.5) is 0 Å². The second-order valence-electron chi connectivity index (χ2n) is 4.19. The standard InChI is InChI=1S/C15H14O2/c1-3-13-10(2)12-9-11(6-7-15(12)17-13)14-5-4-8-16-14/h4-9H,3H2,1-2H3. The highest BCUT2D eigenvalue weighted by molar-refractivity contribution is 5.86. The summed E-state index contributed by atoms with van der Waals surface area (Å²) in [6.07, 6.45) is 2.62. The van der Waals surface area contributed by atoms with Gasteiger partial charge >= 0.3 is 0 Å². The van der Waals surface area contributed by atoms with Crippen molar-refractivity contribution >= 4 is 11.0 Å². The summed E-state index contributed by atoms with van der Waals surface area (Å²) >= 11 is 0. The van der Waals surface area contributed by atoms with E-state index in [1.165, 1.54) is 10.9 Å². The third-order valence-corrected chi connectivity index (χ3v) is 3.16. The van der Waals surface area contributed by atoms with Crippen molar-refractivity contribution in [2.75, 3.05) is 0 Å². The van der Waals surface area contributed by atoms with Crippen LogP contribution in [0.25, 0.3) is 22.3 Å². The average Bonchev–Trinajstić information content (AvgIpc) is 2.97. The van der Waals surface area contributed by atoms with Gasteiger partial charge in [0.25, 0.3) is 0 Å². The van der Waals surface area contributed by atoms with Crippen molar-refractivity contribution in [2.45, 2.75) is 20.3 Å². The predicted molar refractivity (Wildman–Crippen MR) is 68.0 cm³/mol. The fourth-order valence-corrected chi connectivity index (χ4v) is 2.20. The third kappa shape index (κ3) is 1.57. The number of rotatable bonds is 2. The molecule has 2 aromatic heterocycles. The van der Waals surface area contributed by atoms with Gasteiger partial charge in [0.05, 0.1) is 6.26 Å². The average molecular weight is 226 g/mol. The molecule has 3 rings (SSSR count). The van der Waals surface area contributed by atoms with Crippen LogP contribution in [0.1, 0.15) is 18.2 Å². The molecule has 86 valence electrons. The molecule has 3 aromatic rings. The smallest absolute Gasteiger partial charge is 0.134 e. The molecule has 1 aromatic carbocycles. The van der Waals surface area contributed by atoms with Gasteiger partial charge in [-0.25, -0.2) is 0 Å². The van der Waals surface area contributed by atoms with E-state index in [0.717, 1.165) is 29.1 Å². The van der Waals surface area contributed by atoms with Crippen molar-refractivity contribution in [3.8, 4) is 11.3 Å². The van der Waals surface area contributed by atoms with Gasteiger partial charge in [0.2, 0.25) is 0 Å². The summed E-state index contributed by atoms with van der Waals surface area (Å²) < 4.78 is 11.2. The fraction of sp³-hybridized carbons (Fsp3) is 0.200. The first-order valence-electron chi connectivity index (χ1n) is 5.85. The highest BCUT2D eigenvalue weighted by Crippen LogP contribution is 2.30. The lowest BCUT2D eigenvalue weighted by atomic mass is 10.1. The zero-order valence-electron chi connectivity index (χ0n) is 9.99. The van der Waals surface area contributed by atoms with E-state index in [4.69, 9.17) is 8.83 Å². The molecule has 0 saturated heterocycles. The highest BCUT2D eigenvalue weighted by atomic mass is 16.3. The van der Waals surface area contributed by atoms with Crippen molar-refractivity contribution in [1.82, 2.24) is 0 Å². The summed E-state index contributed by atoms with van der Waals surface area (Å²) in [5.74, 6) is 1.96. The summed E-state index contributed by atoms with van der Waals surface area (Å²) in [5, 5.41) is 1.18. The van der Waals surface area contributed by atoms with Gasteiger partial charge in [-0.1, -0.05) is 6.92 Å². The van der Waals surface area contributed by atoms with E-state index in [0.29, 0.717) is 0 Å². The van der Waals surface area contributed by atoms with Crippen molar-refractivity contribution in [3.05, 3.63) is 47.9 Å². The molecule has 0 aliphatic heterocycles. The molecule has 2 nitrogen and oxygen atoms in total. The second-order valence-corrected chi connectivity index (χ2v) is 4.19. The van der Waals surface area contributed by atoms with E-state index in [1.54, 1.807) is 6.26 Å². The molecule has 0 aliphatic rings. The first-order valence-corrected chi connectivity index (χ1v) is 5.85. The summed E-state index contributed by atoms with van der Waals surface area (Å²) in [4.78, 5) is 0. The molecule has 0 spiro atoms. The summed E-state index contributed by atoms with van der Waals surface area (Å²) in [5.41, 5.74) is 3.28. The van der Waals surface area contributed by atoms with E-state index < -0.39 is 0 Å². The van der Waals surface area contributed by atoms with Crippen LogP contribution < -0.4 is 0 Å². The number of hydrogen-bond donors (Lipinski definition) is 0. The molecule has 0 fully saturated rings. The van der Waals surface area contributed by atoms with Crippen LogP contribution in [0.15, 0.2) is 45.4 Å². The minimum absolute atomic E-state index is 0.894. The first kappa shape index (κ1) is 10.2. The van der Waals surface area contributed by atoms with Gasteiger partial charge in [-0.3, -0.25) is 0 Å². The number of hydrogen-bond acceptors (Lipinski definition) is 2. The van der Waals surface area contributed by atoms with Gasteiger partial charge in [0, 0.05) is 17.4 Å². The number of fused-ring (bicyclic) bond motifs is 1. The van der Waals surface area contributed by atoms with Crippen LogP contribution in [-0.4, -0.2) is 0 Å². The zero-order valence-corrected chi connectivity index (χ0v) is 9.99. The summed E-state index contributed by atoms with van der Waals surface area (Å²) in [6.45, 7) is 4.22. The molecule has 0 bridgehead atoms. The van der Waals surface area contributed by atoms with Crippen LogP contribution >= 0.6 is 0 Å². The Morgan fingerprint density at radius 2 is 2.06 bits per heavy atom. The minimum Gasteiger partial charge on any atom is -0.464 e. The van der Waals surface area contributed by atoms with Crippen LogP contribution in [0.5, 0.6) is 0 Å². The van der Waals surface area contributed by atoms with E-state index in [-0.39, 0.29) is 0 Å². The third-order valence-electron chi connectivity index (χ3n) is 3.16. The Kier molecular flexibility index (Phi) is 2.29. The topological polar surface area (TPSA) is 26.3 Å². The molecule has 17 heavy (non-hydrogen) atoms. The minimum atomic E-state index is 0.894. The molecular formula is C15H14O2. The highest BCUT2D eigenvalue weighted by Gasteiger charge is 2.10. The summed E-state index contributed by atoms with van der Waals surface area (Å²) in [7, 11) is 0. The molecular weight excluding hydrogens is 212 g/mol.